The first-order valence-electron chi connectivity index (χ1n) is 4.70. The number of ether oxygens (including phenoxy) is 1. The molecular weight excluding hydrogens is 279 g/mol. The number of benzene rings is 1. The van der Waals surface area contributed by atoms with Crippen LogP contribution in [0.3, 0.4) is 0 Å². The molecule has 1 atom stereocenters. The molecule has 0 aliphatic rings. The van der Waals surface area contributed by atoms with Gasteiger partial charge in [-0.25, -0.2) is 10.2 Å². The number of rotatable bonds is 4. The maximum Gasteiger partial charge on any atom is 0.274 e. The quantitative estimate of drug-likeness (QED) is 0.504. The molecule has 0 aliphatic heterocycles. The van der Waals surface area contributed by atoms with Crippen molar-refractivity contribution in [1.82, 2.24) is 5.43 Å². The summed E-state index contributed by atoms with van der Waals surface area (Å²) in [5.74, 6) is 4.62. The van der Waals surface area contributed by atoms with Crippen LogP contribution in [0.5, 0.6) is 5.75 Å². The minimum atomic E-state index is -0.688. The lowest BCUT2D eigenvalue weighted by Gasteiger charge is -2.16. The lowest BCUT2D eigenvalue weighted by atomic mass is 10.2. The maximum absolute atomic E-state index is 12.8. The Balaban J connectivity index is 2.82. The molecule has 0 fully saturated rings. The summed E-state index contributed by atoms with van der Waals surface area (Å²) in [4.78, 5) is 11.3. The molecule has 0 aromatic heterocycles. The SMILES string of the molecule is CCC(Oc1ccc(F)cc1Br)C(=O)NN. The lowest BCUT2D eigenvalue weighted by molar-refractivity contribution is -0.128. The summed E-state index contributed by atoms with van der Waals surface area (Å²) in [7, 11) is 0. The Hall–Kier alpha value is -1.14. The van der Waals surface area contributed by atoms with Crippen molar-refractivity contribution in [3.63, 3.8) is 0 Å². The average Bonchev–Trinajstić information content (AvgIpc) is 2.27. The zero-order valence-electron chi connectivity index (χ0n) is 8.67. The first-order chi connectivity index (χ1) is 7.58. The summed E-state index contributed by atoms with van der Waals surface area (Å²) in [6.07, 6.45) is -0.223. The van der Waals surface area contributed by atoms with E-state index >= 15 is 0 Å². The monoisotopic (exact) mass is 290 g/mol. The molecule has 1 aromatic rings. The molecule has 0 saturated carbocycles. The van der Waals surface area contributed by atoms with E-state index in [0.29, 0.717) is 16.6 Å². The lowest BCUT2D eigenvalue weighted by Crippen LogP contribution is -2.41. The molecule has 0 saturated heterocycles. The van der Waals surface area contributed by atoms with Crippen LogP contribution in [0.15, 0.2) is 22.7 Å². The summed E-state index contributed by atoms with van der Waals surface area (Å²) in [5, 5.41) is 0. The molecule has 16 heavy (non-hydrogen) atoms. The number of hydrazine groups is 1. The van der Waals surface area contributed by atoms with Gasteiger partial charge in [-0.3, -0.25) is 10.2 Å². The normalized spacial score (nSPS) is 12.0. The molecule has 0 radical (unpaired) electrons. The van der Waals surface area contributed by atoms with E-state index in [1.54, 1.807) is 6.92 Å². The third kappa shape index (κ3) is 3.18. The standard InChI is InChI=1S/C10H12BrFN2O2/c1-2-8(10(15)14-13)16-9-4-3-6(12)5-7(9)11/h3-5,8H,2,13H2,1H3,(H,14,15). The van der Waals surface area contributed by atoms with Crippen LogP contribution in [-0.4, -0.2) is 12.0 Å². The fraction of sp³-hybridized carbons (Fsp3) is 0.300. The van der Waals surface area contributed by atoms with Gasteiger partial charge in [0.25, 0.3) is 5.91 Å². The van der Waals surface area contributed by atoms with Crippen molar-refractivity contribution in [3.8, 4) is 5.75 Å². The van der Waals surface area contributed by atoms with Gasteiger partial charge >= 0.3 is 0 Å². The highest BCUT2D eigenvalue weighted by Gasteiger charge is 2.18. The first-order valence-corrected chi connectivity index (χ1v) is 5.50. The summed E-state index contributed by atoms with van der Waals surface area (Å²) in [5.41, 5.74) is 2.01. The highest BCUT2D eigenvalue weighted by atomic mass is 79.9. The van der Waals surface area contributed by atoms with Crippen molar-refractivity contribution in [2.45, 2.75) is 19.4 Å². The van der Waals surface area contributed by atoms with E-state index in [0.717, 1.165) is 0 Å². The van der Waals surface area contributed by atoms with Crippen molar-refractivity contribution < 1.29 is 13.9 Å². The Morgan fingerprint density at radius 3 is 2.88 bits per heavy atom. The summed E-state index contributed by atoms with van der Waals surface area (Å²) < 4.78 is 18.7. The molecule has 88 valence electrons. The molecule has 3 N–H and O–H groups in total. The van der Waals surface area contributed by atoms with Gasteiger partial charge in [0.2, 0.25) is 0 Å². The predicted octanol–water partition coefficient (Wildman–Crippen LogP) is 1.74. The number of nitrogens with two attached hydrogens (primary N) is 1. The Morgan fingerprint density at radius 2 is 2.38 bits per heavy atom. The van der Waals surface area contributed by atoms with Gasteiger partial charge in [0.05, 0.1) is 4.47 Å². The topological polar surface area (TPSA) is 64.3 Å². The Bertz CT molecular complexity index is 387. The number of halogens is 2. The van der Waals surface area contributed by atoms with E-state index in [1.165, 1.54) is 18.2 Å². The number of amides is 1. The smallest absolute Gasteiger partial charge is 0.274 e. The van der Waals surface area contributed by atoms with E-state index in [4.69, 9.17) is 10.6 Å². The molecule has 0 spiro atoms. The van der Waals surface area contributed by atoms with Crippen LogP contribution in [0, 0.1) is 5.82 Å². The number of hydrogen-bond acceptors (Lipinski definition) is 3. The molecule has 1 rings (SSSR count). The minimum Gasteiger partial charge on any atom is -0.479 e. The second kappa shape index (κ2) is 5.81. The molecule has 0 heterocycles. The summed E-state index contributed by atoms with van der Waals surface area (Å²) in [6.45, 7) is 1.79. The Kier molecular flexibility index (Phi) is 4.70. The summed E-state index contributed by atoms with van der Waals surface area (Å²) in [6, 6.07) is 3.97. The minimum absolute atomic E-state index is 0.379. The van der Waals surface area contributed by atoms with E-state index in [2.05, 4.69) is 15.9 Å². The third-order valence-corrected chi connectivity index (χ3v) is 2.59. The van der Waals surface area contributed by atoms with Crippen molar-refractivity contribution in [1.29, 1.82) is 0 Å². The zero-order chi connectivity index (χ0) is 12.1. The van der Waals surface area contributed by atoms with Crippen LogP contribution in [0.1, 0.15) is 13.3 Å². The molecule has 0 aliphatic carbocycles. The van der Waals surface area contributed by atoms with Crippen molar-refractivity contribution in [3.05, 3.63) is 28.5 Å². The van der Waals surface area contributed by atoms with E-state index < -0.39 is 12.0 Å². The Labute approximate surface area is 101 Å². The van der Waals surface area contributed by atoms with Crippen LogP contribution in [0.4, 0.5) is 4.39 Å². The van der Waals surface area contributed by atoms with Gasteiger partial charge in [0, 0.05) is 0 Å². The first kappa shape index (κ1) is 12.9. The molecule has 4 nitrogen and oxygen atoms in total. The van der Waals surface area contributed by atoms with Gasteiger partial charge < -0.3 is 4.74 Å². The molecule has 1 amide bonds. The van der Waals surface area contributed by atoms with E-state index in [9.17, 15) is 9.18 Å². The summed E-state index contributed by atoms with van der Waals surface area (Å²) >= 11 is 3.15. The van der Waals surface area contributed by atoms with Crippen LogP contribution in [0.25, 0.3) is 0 Å². The number of nitrogens with one attached hydrogen (secondary N) is 1. The van der Waals surface area contributed by atoms with Crippen molar-refractivity contribution in [2.75, 3.05) is 0 Å². The largest absolute Gasteiger partial charge is 0.479 e. The zero-order valence-corrected chi connectivity index (χ0v) is 10.3. The molecule has 1 unspecified atom stereocenters. The molecular formula is C10H12BrFN2O2. The highest BCUT2D eigenvalue weighted by molar-refractivity contribution is 9.10. The number of carbonyl (C=O) groups excluding carboxylic acids is 1. The van der Waals surface area contributed by atoms with Gasteiger partial charge in [-0.15, -0.1) is 0 Å². The second-order valence-corrected chi connectivity index (χ2v) is 3.95. The van der Waals surface area contributed by atoms with Crippen LogP contribution in [-0.2, 0) is 4.79 Å². The second-order valence-electron chi connectivity index (χ2n) is 3.10. The van der Waals surface area contributed by atoms with Gasteiger partial charge in [-0.1, -0.05) is 6.92 Å². The fourth-order valence-electron chi connectivity index (χ4n) is 1.14. The van der Waals surface area contributed by atoms with Crippen LogP contribution < -0.4 is 16.0 Å². The molecule has 1 aromatic carbocycles. The van der Waals surface area contributed by atoms with E-state index in [1.807, 2.05) is 5.43 Å². The maximum atomic E-state index is 12.8. The number of hydrogen-bond donors (Lipinski definition) is 2. The average molecular weight is 291 g/mol. The number of carbonyl (C=O) groups is 1. The predicted molar refractivity (Wildman–Crippen MR) is 61.1 cm³/mol. The highest BCUT2D eigenvalue weighted by Crippen LogP contribution is 2.26. The van der Waals surface area contributed by atoms with Crippen LogP contribution >= 0.6 is 15.9 Å². The fourth-order valence-corrected chi connectivity index (χ4v) is 1.58. The van der Waals surface area contributed by atoms with Gasteiger partial charge in [0.1, 0.15) is 11.6 Å². The van der Waals surface area contributed by atoms with E-state index in [-0.39, 0.29) is 5.82 Å². The Morgan fingerprint density at radius 1 is 1.69 bits per heavy atom. The van der Waals surface area contributed by atoms with Gasteiger partial charge in [-0.2, -0.15) is 0 Å². The van der Waals surface area contributed by atoms with Crippen LogP contribution in [0.2, 0.25) is 0 Å². The van der Waals surface area contributed by atoms with Crippen molar-refractivity contribution in [2.24, 2.45) is 5.84 Å². The third-order valence-electron chi connectivity index (χ3n) is 1.97. The molecule has 6 heteroatoms. The van der Waals surface area contributed by atoms with Gasteiger partial charge in [-0.05, 0) is 40.5 Å². The van der Waals surface area contributed by atoms with Gasteiger partial charge in [0.15, 0.2) is 6.10 Å². The van der Waals surface area contributed by atoms with Crippen molar-refractivity contribution >= 4 is 21.8 Å². The molecule has 0 bridgehead atoms.